The summed E-state index contributed by atoms with van der Waals surface area (Å²) in [4.78, 5) is 16.0. The van der Waals surface area contributed by atoms with Crippen LogP contribution in [0.2, 0.25) is 5.02 Å². The summed E-state index contributed by atoms with van der Waals surface area (Å²) < 4.78 is 15.4. The number of benzene rings is 1. The molecule has 0 bridgehead atoms. The number of hydrogen-bond donors (Lipinski definition) is 2. The fourth-order valence-electron chi connectivity index (χ4n) is 2.43. The Morgan fingerprint density at radius 2 is 2.36 bits per heavy atom. The Balaban J connectivity index is 1.51. The molecule has 0 aliphatic carbocycles. The van der Waals surface area contributed by atoms with E-state index in [9.17, 15) is 9.18 Å². The highest BCUT2D eigenvalue weighted by Gasteiger charge is 2.21. The minimum atomic E-state index is -0.433. The number of nitrogens with zero attached hydrogens (tertiary/aromatic N) is 3. The van der Waals surface area contributed by atoms with Crippen molar-refractivity contribution < 1.29 is 9.18 Å². The van der Waals surface area contributed by atoms with E-state index >= 15 is 0 Å². The van der Waals surface area contributed by atoms with E-state index in [1.165, 1.54) is 12.4 Å². The maximum Gasteiger partial charge on any atom is 0.315 e. The Bertz CT molecular complexity index is 690. The first-order valence-electron chi connectivity index (χ1n) is 6.97. The second kappa shape index (κ2) is 6.31. The SMILES string of the molecule is O=C(NCc1ccc(Cl)cc1F)NC1CCc2ncnn2C1. The van der Waals surface area contributed by atoms with Gasteiger partial charge in [-0.3, -0.25) is 0 Å². The summed E-state index contributed by atoms with van der Waals surface area (Å²) in [5, 5.41) is 9.94. The van der Waals surface area contributed by atoms with E-state index in [-0.39, 0.29) is 18.6 Å². The molecule has 0 saturated heterocycles. The maximum atomic E-state index is 13.6. The molecule has 0 saturated carbocycles. The molecule has 22 heavy (non-hydrogen) atoms. The molecule has 1 aliphatic rings. The molecule has 8 heteroatoms. The van der Waals surface area contributed by atoms with Gasteiger partial charge in [0, 0.05) is 23.6 Å². The summed E-state index contributed by atoms with van der Waals surface area (Å²) in [6.07, 6.45) is 3.10. The lowest BCUT2D eigenvalue weighted by Crippen LogP contribution is -2.45. The van der Waals surface area contributed by atoms with Crippen molar-refractivity contribution >= 4 is 17.6 Å². The van der Waals surface area contributed by atoms with Crippen LogP contribution in [-0.2, 0) is 19.5 Å². The van der Waals surface area contributed by atoms with Crippen LogP contribution in [0.15, 0.2) is 24.5 Å². The van der Waals surface area contributed by atoms with Gasteiger partial charge in [-0.05, 0) is 18.6 Å². The Morgan fingerprint density at radius 1 is 1.50 bits per heavy atom. The molecule has 1 atom stereocenters. The van der Waals surface area contributed by atoms with Gasteiger partial charge in [0.25, 0.3) is 0 Å². The van der Waals surface area contributed by atoms with E-state index in [2.05, 4.69) is 20.7 Å². The topological polar surface area (TPSA) is 71.8 Å². The number of aryl methyl sites for hydroxylation is 1. The second-order valence-corrected chi connectivity index (χ2v) is 5.59. The summed E-state index contributed by atoms with van der Waals surface area (Å²) >= 11 is 5.69. The lowest BCUT2D eigenvalue weighted by Gasteiger charge is -2.23. The Labute approximate surface area is 131 Å². The number of urea groups is 1. The van der Waals surface area contributed by atoms with E-state index in [4.69, 9.17) is 11.6 Å². The molecule has 6 nitrogen and oxygen atoms in total. The van der Waals surface area contributed by atoms with E-state index in [0.717, 1.165) is 18.7 Å². The Hall–Kier alpha value is -2.15. The van der Waals surface area contributed by atoms with Gasteiger partial charge in [-0.15, -0.1) is 0 Å². The van der Waals surface area contributed by atoms with Gasteiger partial charge in [0.05, 0.1) is 12.6 Å². The predicted octanol–water partition coefficient (Wildman–Crippen LogP) is 1.88. The molecule has 2 amide bonds. The summed E-state index contributed by atoms with van der Waals surface area (Å²) in [6, 6.07) is 4.03. The molecule has 116 valence electrons. The van der Waals surface area contributed by atoms with Crippen molar-refractivity contribution in [1.29, 1.82) is 0 Å². The van der Waals surface area contributed by atoms with Crippen molar-refractivity contribution in [2.45, 2.75) is 32.0 Å². The number of rotatable bonds is 3. The first-order valence-corrected chi connectivity index (χ1v) is 7.34. The molecule has 1 aromatic carbocycles. The quantitative estimate of drug-likeness (QED) is 0.906. The normalized spacial score (nSPS) is 16.9. The van der Waals surface area contributed by atoms with Crippen molar-refractivity contribution in [3.05, 3.63) is 46.8 Å². The number of halogens is 2. The van der Waals surface area contributed by atoms with Crippen LogP contribution in [0, 0.1) is 5.82 Å². The van der Waals surface area contributed by atoms with Crippen molar-refractivity contribution in [2.75, 3.05) is 0 Å². The fraction of sp³-hybridized carbons (Fsp3) is 0.357. The summed E-state index contributed by atoms with van der Waals surface area (Å²) in [5.74, 6) is 0.499. The number of amides is 2. The third-order valence-corrected chi connectivity index (χ3v) is 3.83. The molecule has 2 heterocycles. The van der Waals surface area contributed by atoms with Crippen LogP contribution < -0.4 is 10.6 Å². The zero-order valence-corrected chi connectivity index (χ0v) is 12.5. The molecule has 1 unspecified atom stereocenters. The average molecular weight is 324 g/mol. The standard InChI is InChI=1S/C14H15ClFN5O/c15-10-2-1-9(12(16)5-10)6-17-14(22)20-11-3-4-13-18-8-19-21(13)7-11/h1-2,5,8,11H,3-4,6-7H2,(H2,17,20,22). The molecule has 2 aromatic rings. The van der Waals surface area contributed by atoms with Crippen LogP contribution >= 0.6 is 11.6 Å². The first kappa shape index (κ1) is 14.8. The highest BCUT2D eigenvalue weighted by Crippen LogP contribution is 2.14. The predicted molar refractivity (Wildman–Crippen MR) is 78.9 cm³/mol. The van der Waals surface area contributed by atoms with Crippen molar-refractivity contribution in [3.63, 3.8) is 0 Å². The molecule has 0 fully saturated rings. The second-order valence-electron chi connectivity index (χ2n) is 5.16. The number of carbonyl (C=O) groups excluding carboxylic acids is 1. The van der Waals surface area contributed by atoms with Crippen molar-refractivity contribution in [3.8, 4) is 0 Å². The minimum absolute atomic E-state index is 0.00994. The van der Waals surface area contributed by atoms with Gasteiger partial charge in [-0.25, -0.2) is 18.9 Å². The van der Waals surface area contributed by atoms with Crippen LogP contribution in [0.5, 0.6) is 0 Å². The first-order chi connectivity index (χ1) is 10.6. The third-order valence-electron chi connectivity index (χ3n) is 3.60. The molecule has 3 rings (SSSR count). The molecule has 2 N–H and O–H groups in total. The summed E-state index contributed by atoms with van der Waals surface area (Å²) in [6.45, 7) is 0.703. The van der Waals surface area contributed by atoms with Gasteiger partial charge in [-0.1, -0.05) is 17.7 Å². The van der Waals surface area contributed by atoms with E-state index in [1.807, 2.05) is 0 Å². The van der Waals surface area contributed by atoms with Gasteiger partial charge >= 0.3 is 6.03 Å². The lowest BCUT2D eigenvalue weighted by molar-refractivity contribution is 0.231. The zero-order chi connectivity index (χ0) is 15.5. The van der Waals surface area contributed by atoms with E-state index in [0.29, 0.717) is 17.1 Å². The van der Waals surface area contributed by atoms with E-state index < -0.39 is 5.82 Å². The number of aromatic nitrogens is 3. The molecule has 1 aliphatic heterocycles. The third kappa shape index (κ3) is 3.36. The van der Waals surface area contributed by atoms with Crippen molar-refractivity contribution in [1.82, 2.24) is 25.4 Å². The van der Waals surface area contributed by atoms with Crippen LogP contribution in [0.25, 0.3) is 0 Å². The van der Waals surface area contributed by atoms with Gasteiger partial charge in [0.1, 0.15) is 18.0 Å². The molecule has 1 aromatic heterocycles. The van der Waals surface area contributed by atoms with Crippen LogP contribution in [-0.4, -0.2) is 26.8 Å². The number of nitrogens with one attached hydrogen (secondary N) is 2. The number of carbonyl (C=O) groups is 1. The minimum Gasteiger partial charge on any atom is -0.334 e. The van der Waals surface area contributed by atoms with Gasteiger partial charge < -0.3 is 10.6 Å². The molecule has 0 spiro atoms. The Kier molecular flexibility index (Phi) is 4.24. The van der Waals surface area contributed by atoms with Crippen LogP contribution in [0.1, 0.15) is 17.8 Å². The van der Waals surface area contributed by atoms with Gasteiger partial charge in [0.15, 0.2) is 0 Å². The lowest BCUT2D eigenvalue weighted by atomic mass is 10.1. The van der Waals surface area contributed by atoms with Crippen molar-refractivity contribution in [2.24, 2.45) is 0 Å². The molecular formula is C14H15ClFN5O. The molecular weight excluding hydrogens is 309 g/mol. The number of fused-ring (bicyclic) bond motifs is 1. The van der Waals surface area contributed by atoms with Gasteiger partial charge in [0.2, 0.25) is 0 Å². The largest absolute Gasteiger partial charge is 0.334 e. The van der Waals surface area contributed by atoms with Crippen LogP contribution in [0.3, 0.4) is 0 Å². The summed E-state index contributed by atoms with van der Waals surface area (Å²) in [5.41, 5.74) is 0.391. The van der Waals surface area contributed by atoms with Gasteiger partial charge in [-0.2, -0.15) is 5.10 Å². The fourth-order valence-corrected chi connectivity index (χ4v) is 2.59. The Morgan fingerprint density at radius 3 is 3.18 bits per heavy atom. The average Bonchev–Trinajstić information content (AvgIpc) is 2.94. The highest BCUT2D eigenvalue weighted by atomic mass is 35.5. The van der Waals surface area contributed by atoms with E-state index in [1.54, 1.807) is 16.8 Å². The summed E-state index contributed by atoms with van der Waals surface area (Å²) in [7, 11) is 0. The molecule has 0 radical (unpaired) electrons. The highest BCUT2D eigenvalue weighted by molar-refractivity contribution is 6.30. The monoisotopic (exact) mass is 323 g/mol. The van der Waals surface area contributed by atoms with Crippen LogP contribution in [0.4, 0.5) is 9.18 Å². The zero-order valence-electron chi connectivity index (χ0n) is 11.7. The smallest absolute Gasteiger partial charge is 0.315 e. The maximum absolute atomic E-state index is 13.6. The number of hydrogen-bond acceptors (Lipinski definition) is 3.